The Kier molecular flexibility index (Phi) is 4.03. The van der Waals surface area contributed by atoms with Crippen LogP contribution in [0.2, 0.25) is 0 Å². The summed E-state index contributed by atoms with van der Waals surface area (Å²) in [5, 5.41) is 12.4. The van der Waals surface area contributed by atoms with E-state index >= 15 is 0 Å². The Hall–Kier alpha value is -1.76. The summed E-state index contributed by atoms with van der Waals surface area (Å²) in [6, 6.07) is 4.18. The van der Waals surface area contributed by atoms with Gasteiger partial charge in [0.05, 0.1) is 11.3 Å². The molecule has 0 aromatic carbocycles. The van der Waals surface area contributed by atoms with Crippen molar-refractivity contribution in [3.63, 3.8) is 0 Å². The number of hydrogen-bond acceptors (Lipinski definition) is 4. The second-order valence-corrected chi connectivity index (χ2v) is 4.94. The van der Waals surface area contributed by atoms with Crippen LogP contribution in [0.1, 0.15) is 44.6 Å². The van der Waals surface area contributed by atoms with Gasteiger partial charge in [-0.25, -0.2) is 4.98 Å². The Bertz CT molecular complexity index is 450. The lowest BCUT2D eigenvalue weighted by Crippen LogP contribution is -2.32. The first kappa shape index (κ1) is 12.7. The first-order valence-corrected chi connectivity index (χ1v) is 6.67. The van der Waals surface area contributed by atoms with Crippen LogP contribution in [-0.4, -0.2) is 11.0 Å². The molecule has 1 aliphatic rings. The molecular formula is C14H20N4. The van der Waals surface area contributed by atoms with Crippen LogP contribution in [0, 0.1) is 17.2 Å². The standard InChI is InChI=1S/C14H20N4/c1-2-10-5-3-4-6-12(10)18-14-13(16)11(9-15)7-8-17-14/h7-8,10,12H,2-6,16H2,1H3,(H,17,18). The number of hydrogen-bond donors (Lipinski definition) is 2. The molecule has 0 saturated heterocycles. The van der Waals surface area contributed by atoms with Gasteiger partial charge < -0.3 is 11.1 Å². The molecular weight excluding hydrogens is 224 g/mol. The number of anilines is 2. The van der Waals surface area contributed by atoms with Gasteiger partial charge in [-0.15, -0.1) is 0 Å². The van der Waals surface area contributed by atoms with Crippen molar-refractivity contribution in [2.75, 3.05) is 11.1 Å². The van der Waals surface area contributed by atoms with Gasteiger partial charge in [0.2, 0.25) is 0 Å². The van der Waals surface area contributed by atoms with Crippen molar-refractivity contribution in [1.29, 1.82) is 5.26 Å². The largest absolute Gasteiger partial charge is 0.395 e. The first-order chi connectivity index (χ1) is 8.76. The third-order valence-corrected chi connectivity index (χ3v) is 3.87. The van der Waals surface area contributed by atoms with Crippen molar-refractivity contribution in [3.05, 3.63) is 17.8 Å². The molecule has 2 rings (SSSR count). The molecule has 0 spiro atoms. The summed E-state index contributed by atoms with van der Waals surface area (Å²) in [5.41, 5.74) is 6.92. The number of rotatable bonds is 3. The van der Waals surface area contributed by atoms with Gasteiger partial charge in [-0.05, 0) is 24.8 Å². The van der Waals surface area contributed by atoms with Gasteiger partial charge in [0, 0.05) is 12.2 Å². The fourth-order valence-corrected chi connectivity index (χ4v) is 2.75. The van der Waals surface area contributed by atoms with Crippen LogP contribution < -0.4 is 11.1 Å². The summed E-state index contributed by atoms with van der Waals surface area (Å²) < 4.78 is 0. The highest BCUT2D eigenvalue weighted by atomic mass is 15.0. The molecule has 1 saturated carbocycles. The molecule has 2 unspecified atom stereocenters. The summed E-state index contributed by atoms with van der Waals surface area (Å²) in [7, 11) is 0. The smallest absolute Gasteiger partial charge is 0.150 e. The van der Waals surface area contributed by atoms with Crippen LogP contribution in [0.25, 0.3) is 0 Å². The van der Waals surface area contributed by atoms with E-state index in [1.165, 1.54) is 25.7 Å². The number of nitrogens with two attached hydrogens (primary N) is 1. The van der Waals surface area contributed by atoms with Crippen molar-refractivity contribution in [2.24, 2.45) is 5.92 Å². The topological polar surface area (TPSA) is 74.7 Å². The quantitative estimate of drug-likeness (QED) is 0.857. The van der Waals surface area contributed by atoms with Crippen LogP contribution in [0.3, 0.4) is 0 Å². The van der Waals surface area contributed by atoms with Crippen molar-refractivity contribution in [3.8, 4) is 6.07 Å². The Morgan fingerprint density at radius 2 is 2.28 bits per heavy atom. The maximum Gasteiger partial charge on any atom is 0.150 e. The third-order valence-electron chi connectivity index (χ3n) is 3.87. The fraction of sp³-hybridized carbons (Fsp3) is 0.571. The number of nitrogens with zero attached hydrogens (tertiary/aromatic N) is 2. The maximum absolute atomic E-state index is 8.96. The number of nitrogen functional groups attached to an aromatic ring is 1. The summed E-state index contributed by atoms with van der Waals surface area (Å²) in [6.45, 7) is 2.23. The molecule has 2 atom stereocenters. The van der Waals surface area contributed by atoms with Gasteiger partial charge in [-0.2, -0.15) is 5.26 Å². The van der Waals surface area contributed by atoms with Crippen LogP contribution >= 0.6 is 0 Å². The predicted octanol–water partition coefficient (Wildman–Crippen LogP) is 2.92. The van der Waals surface area contributed by atoms with Crippen molar-refractivity contribution < 1.29 is 0 Å². The highest BCUT2D eigenvalue weighted by molar-refractivity contribution is 5.69. The van der Waals surface area contributed by atoms with Gasteiger partial charge in [-0.1, -0.05) is 26.2 Å². The lowest BCUT2D eigenvalue weighted by Gasteiger charge is -2.32. The molecule has 0 amide bonds. The molecule has 4 nitrogen and oxygen atoms in total. The first-order valence-electron chi connectivity index (χ1n) is 6.67. The highest BCUT2D eigenvalue weighted by Gasteiger charge is 2.24. The molecule has 1 aliphatic carbocycles. The van der Waals surface area contributed by atoms with E-state index in [1.807, 2.05) is 0 Å². The minimum atomic E-state index is 0.437. The van der Waals surface area contributed by atoms with Gasteiger partial charge in [0.25, 0.3) is 0 Å². The number of nitrogens with one attached hydrogen (secondary N) is 1. The highest BCUT2D eigenvalue weighted by Crippen LogP contribution is 2.30. The minimum absolute atomic E-state index is 0.437. The zero-order chi connectivity index (χ0) is 13.0. The molecule has 96 valence electrons. The average molecular weight is 244 g/mol. The molecule has 1 heterocycles. The van der Waals surface area contributed by atoms with Crippen molar-refractivity contribution >= 4 is 11.5 Å². The van der Waals surface area contributed by atoms with E-state index in [4.69, 9.17) is 11.0 Å². The van der Waals surface area contributed by atoms with Gasteiger partial charge in [0.1, 0.15) is 6.07 Å². The normalized spacial score (nSPS) is 23.3. The second kappa shape index (κ2) is 5.72. The molecule has 0 radical (unpaired) electrons. The Morgan fingerprint density at radius 1 is 1.50 bits per heavy atom. The maximum atomic E-state index is 8.96. The molecule has 0 aliphatic heterocycles. The summed E-state index contributed by atoms with van der Waals surface area (Å²) >= 11 is 0. The number of nitriles is 1. The van der Waals surface area contributed by atoms with E-state index in [9.17, 15) is 0 Å². The molecule has 18 heavy (non-hydrogen) atoms. The Labute approximate surface area is 108 Å². The summed E-state index contributed by atoms with van der Waals surface area (Å²) in [4.78, 5) is 4.26. The van der Waals surface area contributed by atoms with Crippen molar-refractivity contribution in [2.45, 2.75) is 45.1 Å². The Morgan fingerprint density at radius 3 is 3.00 bits per heavy atom. The Balaban J connectivity index is 2.15. The zero-order valence-electron chi connectivity index (χ0n) is 10.8. The molecule has 0 bridgehead atoms. The van der Waals surface area contributed by atoms with E-state index in [2.05, 4.69) is 23.3 Å². The van der Waals surface area contributed by atoms with E-state index in [1.54, 1.807) is 12.3 Å². The molecule has 3 N–H and O–H groups in total. The lowest BCUT2D eigenvalue weighted by atomic mass is 9.83. The lowest BCUT2D eigenvalue weighted by molar-refractivity contribution is 0.317. The SMILES string of the molecule is CCC1CCCCC1Nc1nccc(C#N)c1N. The summed E-state index contributed by atoms with van der Waals surface area (Å²) in [6.07, 6.45) is 7.82. The third kappa shape index (κ3) is 2.56. The van der Waals surface area contributed by atoms with Gasteiger partial charge in [-0.3, -0.25) is 0 Å². The monoisotopic (exact) mass is 244 g/mol. The van der Waals surface area contributed by atoms with E-state index in [0.717, 1.165) is 6.42 Å². The number of pyridine rings is 1. The zero-order valence-corrected chi connectivity index (χ0v) is 10.8. The number of aromatic nitrogens is 1. The fourth-order valence-electron chi connectivity index (χ4n) is 2.75. The molecule has 4 heteroatoms. The van der Waals surface area contributed by atoms with Crippen molar-refractivity contribution in [1.82, 2.24) is 4.98 Å². The average Bonchev–Trinajstić information content (AvgIpc) is 2.42. The van der Waals surface area contributed by atoms with Crippen LogP contribution in [0.5, 0.6) is 0 Å². The molecule has 1 aromatic heterocycles. The van der Waals surface area contributed by atoms with E-state index in [0.29, 0.717) is 29.0 Å². The van der Waals surface area contributed by atoms with Gasteiger partial charge in [0.15, 0.2) is 5.82 Å². The van der Waals surface area contributed by atoms with Crippen LogP contribution in [0.15, 0.2) is 12.3 Å². The van der Waals surface area contributed by atoms with E-state index in [-0.39, 0.29) is 0 Å². The predicted molar refractivity (Wildman–Crippen MR) is 73.0 cm³/mol. The second-order valence-electron chi connectivity index (χ2n) is 4.94. The molecule has 1 fully saturated rings. The minimum Gasteiger partial charge on any atom is -0.395 e. The van der Waals surface area contributed by atoms with E-state index < -0.39 is 0 Å². The van der Waals surface area contributed by atoms with Crippen LogP contribution in [0.4, 0.5) is 11.5 Å². The molecule has 1 aromatic rings. The summed E-state index contributed by atoms with van der Waals surface area (Å²) in [5.74, 6) is 1.35. The van der Waals surface area contributed by atoms with Crippen LogP contribution in [-0.2, 0) is 0 Å². The van der Waals surface area contributed by atoms with Gasteiger partial charge >= 0.3 is 0 Å².